The second-order valence-corrected chi connectivity index (χ2v) is 5.04. The molecule has 0 fully saturated rings. The molecule has 0 radical (unpaired) electrons. The van der Waals surface area contributed by atoms with E-state index in [-0.39, 0.29) is 5.41 Å². The lowest BCUT2D eigenvalue weighted by atomic mass is 9.87. The lowest BCUT2D eigenvalue weighted by Crippen LogP contribution is -2.11. The summed E-state index contributed by atoms with van der Waals surface area (Å²) >= 11 is 0. The molecule has 15 heavy (non-hydrogen) atoms. The summed E-state index contributed by atoms with van der Waals surface area (Å²) in [7, 11) is 0. The van der Waals surface area contributed by atoms with Crippen LogP contribution in [0.4, 0.5) is 0 Å². The van der Waals surface area contributed by atoms with Crippen LogP contribution in [-0.2, 0) is 11.8 Å². The first kappa shape index (κ1) is 10.2. The van der Waals surface area contributed by atoms with Gasteiger partial charge in [0.05, 0.1) is 0 Å². The van der Waals surface area contributed by atoms with Crippen molar-refractivity contribution in [2.24, 2.45) is 0 Å². The number of nitrogens with one attached hydrogen (secondary N) is 1. The molecule has 80 valence electrons. The third kappa shape index (κ3) is 1.76. The lowest BCUT2D eigenvalue weighted by Gasteiger charge is -2.18. The molecule has 0 atom stereocenters. The number of nitrogens with zero attached hydrogens (tertiary/aromatic N) is 1. The van der Waals surface area contributed by atoms with Gasteiger partial charge >= 0.3 is 0 Å². The normalized spacial score (nSPS) is 12.3. The van der Waals surface area contributed by atoms with Gasteiger partial charge in [0, 0.05) is 17.8 Å². The van der Waals surface area contributed by atoms with Gasteiger partial charge in [-0.15, -0.1) is 0 Å². The van der Waals surface area contributed by atoms with Gasteiger partial charge in [-0.1, -0.05) is 27.7 Å². The zero-order valence-electron chi connectivity index (χ0n) is 9.89. The Morgan fingerprint density at radius 1 is 1.33 bits per heavy atom. The van der Waals surface area contributed by atoms with Crippen molar-refractivity contribution in [3.8, 4) is 0 Å². The van der Waals surface area contributed by atoms with Crippen LogP contribution in [0.1, 0.15) is 38.8 Å². The maximum atomic E-state index is 4.46. The van der Waals surface area contributed by atoms with Crippen LogP contribution in [0.3, 0.4) is 0 Å². The van der Waals surface area contributed by atoms with Gasteiger partial charge in [0.15, 0.2) is 0 Å². The lowest BCUT2D eigenvalue weighted by molar-refractivity contribution is 0.588. The molecule has 0 aliphatic heterocycles. The minimum atomic E-state index is 0.170. The highest BCUT2D eigenvalue weighted by Crippen LogP contribution is 2.26. The van der Waals surface area contributed by atoms with Crippen LogP contribution in [-0.4, -0.2) is 9.97 Å². The molecule has 1 N–H and O–H groups in total. The van der Waals surface area contributed by atoms with Crippen LogP contribution in [0.15, 0.2) is 18.5 Å². The van der Waals surface area contributed by atoms with E-state index in [0.717, 1.165) is 12.1 Å². The first-order valence-corrected chi connectivity index (χ1v) is 5.49. The standard InChI is InChI=1S/C13H18N2/c1-5-9-7-14-12-11(9)6-10(8-15-12)13(2,3)4/h6-8H,5H2,1-4H3,(H,14,15). The Labute approximate surface area is 90.7 Å². The minimum Gasteiger partial charge on any atom is -0.346 e. The largest absolute Gasteiger partial charge is 0.346 e. The van der Waals surface area contributed by atoms with Gasteiger partial charge in [0.2, 0.25) is 0 Å². The molecular weight excluding hydrogens is 184 g/mol. The number of pyridine rings is 1. The molecule has 0 amide bonds. The van der Waals surface area contributed by atoms with E-state index in [4.69, 9.17) is 0 Å². The third-order valence-corrected chi connectivity index (χ3v) is 2.86. The molecule has 0 aliphatic rings. The van der Waals surface area contributed by atoms with Gasteiger partial charge in [-0.25, -0.2) is 4.98 Å². The number of rotatable bonds is 1. The quantitative estimate of drug-likeness (QED) is 0.754. The second kappa shape index (κ2) is 3.37. The number of aromatic nitrogens is 2. The highest BCUT2D eigenvalue weighted by molar-refractivity contribution is 5.80. The van der Waals surface area contributed by atoms with Crippen LogP contribution in [0.5, 0.6) is 0 Å². The van der Waals surface area contributed by atoms with E-state index in [1.54, 1.807) is 0 Å². The molecule has 2 heterocycles. The topological polar surface area (TPSA) is 28.7 Å². The molecule has 0 bridgehead atoms. The summed E-state index contributed by atoms with van der Waals surface area (Å²) in [5.74, 6) is 0. The minimum absolute atomic E-state index is 0.170. The van der Waals surface area contributed by atoms with Gasteiger partial charge in [0.1, 0.15) is 5.65 Å². The van der Waals surface area contributed by atoms with Crippen molar-refractivity contribution in [1.29, 1.82) is 0 Å². The summed E-state index contributed by atoms with van der Waals surface area (Å²) < 4.78 is 0. The average Bonchev–Trinajstić information content (AvgIpc) is 2.57. The summed E-state index contributed by atoms with van der Waals surface area (Å²) in [6.45, 7) is 8.82. The van der Waals surface area contributed by atoms with Gasteiger partial charge in [-0.3, -0.25) is 0 Å². The summed E-state index contributed by atoms with van der Waals surface area (Å²) in [6, 6.07) is 2.26. The van der Waals surface area contributed by atoms with Gasteiger partial charge < -0.3 is 4.98 Å². The summed E-state index contributed by atoms with van der Waals surface area (Å²) in [6.07, 6.45) is 5.08. The van der Waals surface area contributed by atoms with Crippen molar-refractivity contribution in [1.82, 2.24) is 9.97 Å². The Balaban J connectivity index is 2.63. The fourth-order valence-electron chi connectivity index (χ4n) is 1.76. The van der Waals surface area contributed by atoms with Crippen LogP contribution in [0, 0.1) is 0 Å². The molecule has 0 saturated heterocycles. The Kier molecular flexibility index (Phi) is 2.29. The zero-order valence-corrected chi connectivity index (χ0v) is 9.89. The Hall–Kier alpha value is -1.31. The van der Waals surface area contributed by atoms with Crippen molar-refractivity contribution < 1.29 is 0 Å². The Morgan fingerprint density at radius 2 is 2.07 bits per heavy atom. The van der Waals surface area contributed by atoms with Crippen LogP contribution in [0.2, 0.25) is 0 Å². The molecule has 2 aromatic rings. The summed E-state index contributed by atoms with van der Waals surface area (Å²) in [5, 5.41) is 1.27. The number of fused-ring (bicyclic) bond motifs is 1. The number of hydrogen-bond donors (Lipinski definition) is 1. The highest BCUT2D eigenvalue weighted by Gasteiger charge is 2.15. The molecular formula is C13H18N2. The second-order valence-electron chi connectivity index (χ2n) is 5.04. The van der Waals surface area contributed by atoms with Gasteiger partial charge in [-0.05, 0) is 29.0 Å². The van der Waals surface area contributed by atoms with Gasteiger partial charge in [-0.2, -0.15) is 0 Å². The van der Waals surface area contributed by atoms with Crippen LogP contribution >= 0.6 is 0 Å². The van der Waals surface area contributed by atoms with E-state index in [9.17, 15) is 0 Å². The maximum absolute atomic E-state index is 4.46. The van der Waals surface area contributed by atoms with Crippen LogP contribution in [0.25, 0.3) is 11.0 Å². The van der Waals surface area contributed by atoms with Crippen molar-refractivity contribution in [2.45, 2.75) is 39.5 Å². The predicted molar refractivity (Wildman–Crippen MR) is 64.2 cm³/mol. The molecule has 2 nitrogen and oxygen atoms in total. The van der Waals surface area contributed by atoms with E-state index in [0.29, 0.717) is 0 Å². The average molecular weight is 202 g/mol. The first-order valence-electron chi connectivity index (χ1n) is 5.49. The van der Waals surface area contributed by atoms with E-state index in [1.165, 1.54) is 16.5 Å². The molecule has 2 rings (SSSR count). The van der Waals surface area contributed by atoms with Crippen LogP contribution < -0.4 is 0 Å². The monoisotopic (exact) mass is 202 g/mol. The fourth-order valence-corrected chi connectivity index (χ4v) is 1.76. The highest BCUT2D eigenvalue weighted by atomic mass is 14.8. The third-order valence-electron chi connectivity index (χ3n) is 2.86. The van der Waals surface area contributed by atoms with E-state index < -0.39 is 0 Å². The van der Waals surface area contributed by atoms with Crippen molar-refractivity contribution in [3.05, 3.63) is 29.6 Å². The molecule has 0 aromatic carbocycles. The number of H-pyrrole nitrogens is 1. The number of aromatic amines is 1. The molecule has 2 aromatic heterocycles. The predicted octanol–water partition coefficient (Wildman–Crippen LogP) is 3.42. The number of hydrogen-bond acceptors (Lipinski definition) is 1. The van der Waals surface area contributed by atoms with Crippen molar-refractivity contribution in [2.75, 3.05) is 0 Å². The van der Waals surface area contributed by atoms with Crippen molar-refractivity contribution in [3.63, 3.8) is 0 Å². The first-order chi connectivity index (χ1) is 7.02. The maximum Gasteiger partial charge on any atom is 0.137 e. The summed E-state index contributed by atoms with van der Waals surface area (Å²) in [4.78, 5) is 7.67. The van der Waals surface area contributed by atoms with Crippen molar-refractivity contribution >= 4 is 11.0 Å². The zero-order chi connectivity index (χ0) is 11.1. The SMILES string of the molecule is CCc1c[nH]c2ncc(C(C)(C)C)cc12. The van der Waals surface area contributed by atoms with E-state index in [2.05, 4.69) is 49.9 Å². The molecule has 2 heteroatoms. The number of aryl methyl sites for hydroxylation is 1. The summed E-state index contributed by atoms with van der Waals surface area (Å²) in [5.41, 5.74) is 3.82. The smallest absolute Gasteiger partial charge is 0.137 e. The van der Waals surface area contributed by atoms with E-state index in [1.807, 2.05) is 6.20 Å². The Bertz CT molecular complexity index is 475. The molecule has 0 spiro atoms. The van der Waals surface area contributed by atoms with E-state index >= 15 is 0 Å². The molecule has 0 aliphatic carbocycles. The Morgan fingerprint density at radius 3 is 2.67 bits per heavy atom. The fraction of sp³-hybridized carbons (Fsp3) is 0.462. The molecule has 0 unspecified atom stereocenters. The molecule has 0 saturated carbocycles. The van der Waals surface area contributed by atoms with Gasteiger partial charge in [0.25, 0.3) is 0 Å².